The second-order valence-corrected chi connectivity index (χ2v) is 7.96. The molecule has 2 aliphatic rings. The standard InChI is InChI=1S/C22H34N2/c1-4-20(22(2,3)24-16-9-6-10-17-24)18-23-15-11-14-21(23)19-12-7-5-8-13-19/h4-5,7-8,12-13,21H,6,9-11,14-18H2,1-3H3. The Balaban J connectivity index is 1.72. The van der Waals surface area contributed by atoms with Crippen LogP contribution in [0.5, 0.6) is 0 Å². The molecule has 2 fully saturated rings. The van der Waals surface area contributed by atoms with Crippen LogP contribution in [0.3, 0.4) is 0 Å². The zero-order chi connectivity index (χ0) is 17.0. The van der Waals surface area contributed by atoms with E-state index in [2.05, 4.69) is 67.0 Å². The van der Waals surface area contributed by atoms with Crippen molar-refractivity contribution in [1.82, 2.24) is 9.80 Å². The SMILES string of the molecule is CC=C(CN1CCCC1c1ccccc1)C(C)(C)N1CCCCC1. The second-order valence-electron chi connectivity index (χ2n) is 7.96. The molecule has 24 heavy (non-hydrogen) atoms. The smallest absolute Gasteiger partial charge is 0.0376 e. The molecule has 0 aromatic heterocycles. The van der Waals surface area contributed by atoms with E-state index in [9.17, 15) is 0 Å². The number of rotatable bonds is 5. The molecule has 2 heterocycles. The van der Waals surface area contributed by atoms with Crippen molar-refractivity contribution < 1.29 is 0 Å². The third-order valence-electron chi connectivity index (χ3n) is 6.20. The molecule has 0 spiro atoms. The molecule has 0 bridgehead atoms. The van der Waals surface area contributed by atoms with Gasteiger partial charge in [0, 0.05) is 18.1 Å². The summed E-state index contributed by atoms with van der Waals surface area (Å²) in [5.41, 5.74) is 3.26. The van der Waals surface area contributed by atoms with Crippen LogP contribution >= 0.6 is 0 Å². The predicted octanol–water partition coefficient (Wildman–Crippen LogP) is 5.03. The third-order valence-corrected chi connectivity index (χ3v) is 6.20. The maximum atomic E-state index is 2.71. The molecule has 132 valence electrons. The maximum absolute atomic E-state index is 2.71. The molecular weight excluding hydrogens is 292 g/mol. The fraction of sp³-hybridized carbons (Fsp3) is 0.636. The Morgan fingerprint density at radius 1 is 1.04 bits per heavy atom. The fourth-order valence-electron chi connectivity index (χ4n) is 4.58. The Labute approximate surface area is 148 Å². The van der Waals surface area contributed by atoms with E-state index in [4.69, 9.17) is 0 Å². The molecule has 1 aromatic carbocycles. The predicted molar refractivity (Wildman–Crippen MR) is 103 cm³/mol. The zero-order valence-corrected chi connectivity index (χ0v) is 15.8. The zero-order valence-electron chi connectivity index (χ0n) is 15.8. The number of nitrogens with zero attached hydrogens (tertiary/aromatic N) is 2. The number of hydrogen-bond acceptors (Lipinski definition) is 2. The molecule has 2 nitrogen and oxygen atoms in total. The van der Waals surface area contributed by atoms with Crippen LogP contribution in [-0.4, -0.2) is 41.5 Å². The van der Waals surface area contributed by atoms with Crippen molar-refractivity contribution in [3.63, 3.8) is 0 Å². The van der Waals surface area contributed by atoms with Crippen molar-refractivity contribution in [3.05, 3.63) is 47.5 Å². The minimum atomic E-state index is 0.180. The minimum Gasteiger partial charge on any atom is -0.294 e. The number of piperidine rings is 1. The molecule has 0 N–H and O–H groups in total. The third kappa shape index (κ3) is 3.75. The Hall–Kier alpha value is -1.12. The van der Waals surface area contributed by atoms with Gasteiger partial charge in [0.1, 0.15) is 0 Å². The Morgan fingerprint density at radius 2 is 1.75 bits per heavy atom. The van der Waals surface area contributed by atoms with Gasteiger partial charge in [-0.2, -0.15) is 0 Å². The van der Waals surface area contributed by atoms with Crippen LogP contribution < -0.4 is 0 Å². The molecule has 2 saturated heterocycles. The van der Waals surface area contributed by atoms with Crippen LogP contribution in [0.4, 0.5) is 0 Å². The van der Waals surface area contributed by atoms with Crippen molar-refractivity contribution in [2.75, 3.05) is 26.2 Å². The van der Waals surface area contributed by atoms with Crippen molar-refractivity contribution in [1.29, 1.82) is 0 Å². The highest BCUT2D eigenvalue weighted by atomic mass is 15.2. The normalized spacial score (nSPS) is 24.5. The maximum Gasteiger partial charge on any atom is 0.0376 e. The molecule has 1 atom stereocenters. The summed E-state index contributed by atoms with van der Waals surface area (Å²) in [6.07, 6.45) is 9.12. The fourth-order valence-corrected chi connectivity index (χ4v) is 4.58. The van der Waals surface area contributed by atoms with Gasteiger partial charge in [-0.3, -0.25) is 9.80 Å². The van der Waals surface area contributed by atoms with Gasteiger partial charge in [0.2, 0.25) is 0 Å². The summed E-state index contributed by atoms with van der Waals surface area (Å²) < 4.78 is 0. The lowest BCUT2D eigenvalue weighted by Crippen LogP contribution is -2.50. The van der Waals surface area contributed by atoms with Crippen LogP contribution in [0.1, 0.15) is 64.5 Å². The average Bonchev–Trinajstić information content (AvgIpc) is 3.09. The van der Waals surface area contributed by atoms with E-state index in [1.807, 2.05) is 0 Å². The summed E-state index contributed by atoms with van der Waals surface area (Å²) >= 11 is 0. The van der Waals surface area contributed by atoms with Crippen molar-refractivity contribution in [3.8, 4) is 0 Å². The first-order valence-electron chi connectivity index (χ1n) is 9.82. The monoisotopic (exact) mass is 326 g/mol. The molecule has 0 aliphatic carbocycles. The topological polar surface area (TPSA) is 6.48 Å². The first-order valence-corrected chi connectivity index (χ1v) is 9.82. The van der Waals surface area contributed by atoms with E-state index in [0.717, 1.165) is 6.54 Å². The van der Waals surface area contributed by atoms with Gasteiger partial charge in [0.05, 0.1) is 0 Å². The molecular formula is C22H34N2. The summed E-state index contributed by atoms with van der Waals surface area (Å²) in [7, 11) is 0. The van der Waals surface area contributed by atoms with Gasteiger partial charge in [-0.1, -0.05) is 42.8 Å². The van der Waals surface area contributed by atoms with Gasteiger partial charge >= 0.3 is 0 Å². The van der Waals surface area contributed by atoms with Gasteiger partial charge in [-0.25, -0.2) is 0 Å². The molecule has 3 rings (SSSR count). The quantitative estimate of drug-likeness (QED) is 0.700. The van der Waals surface area contributed by atoms with Gasteiger partial charge in [-0.15, -0.1) is 0 Å². The Kier molecular flexibility index (Phi) is 5.78. The van der Waals surface area contributed by atoms with Crippen LogP contribution in [0.2, 0.25) is 0 Å². The Bertz CT molecular complexity index is 540. The van der Waals surface area contributed by atoms with E-state index < -0.39 is 0 Å². The van der Waals surface area contributed by atoms with Crippen LogP contribution in [-0.2, 0) is 0 Å². The number of benzene rings is 1. The summed E-state index contributed by atoms with van der Waals surface area (Å²) in [6.45, 7) is 11.9. The second kappa shape index (κ2) is 7.84. The number of likely N-dealkylation sites (tertiary alicyclic amines) is 2. The largest absolute Gasteiger partial charge is 0.294 e. The highest BCUT2D eigenvalue weighted by Gasteiger charge is 2.34. The van der Waals surface area contributed by atoms with Crippen molar-refractivity contribution >= 4 is 0 Å². The molecule has 0 amide bonds. The molecule has 0 saturated carbocycles. The van der Waals surface area contributed by atoms with Crippen molar-refractivity contribution in [2.24, 2.45) is 0 Å². The number of hydrogen-bond donors (Lipinski definition) is 0. The lowest BCUT2D eigenvalue weighted by molar-refractivity contribution is 0.113. The van der Waals surface area contributed by atoms with Crippen LogP contribution in [0.15, 0.2) is 42.0 Å². The minimum absolute atomic E-state index is 0.180. The van der Waals surface area contributed by atoms with E-state index in [1.54, 1.807) is 5.57 Å². The van der Waals surface area contributed by atoms with Gasteiger partial charge in [0.25, 0.3) is 0 Å². The Morgan fingerprint density at radius 3 is 2.42 bits per heavy atom. The van der Waals surface area contributed by atoms with Gasteiger partial charge in [-0.05, 0) is 77.2 Å². The summed E-state index contributed by atoms with van der Waals surface area (Å²) in [5, 5.41) is 0. The lowest BCUT2D eigenvalue weighted by atomic mass is 9.88. The molecule has 1 unspecified atom stereocenters. The summed E-state index contributed by atoms with van der Waals surface area (Å²) in [4.78, 5) is 5.41. The first-order chi connectivity index (χ1) is 11.6. The lowest BCUT2D eigenvalue weighted by Gasteiger charge is -2.44. The molecule has 0 radical (unpaired) electrons. The number of allylic oxidation sites excluding steroid dienone is 1. The molecule has 1 aromatic rings. The highest BCUT2D eigenvalue weighted by molar-refractivity contribution is 5.24. The van der Waals surface area contributed by atoms with Crippen LogP contribution in [0, 0.1) is 0 Å². The summed E-state index contributed by atoms with van der Waals surface area (Å²) in [5.74, 6) is 0. The van der Waals surface area contributed by atoms with E-state index in [-0.39, 0.29) is 5.54 Å². The van der Waals surface area contributed by atoms with E-state index in [0.29, 0.717) is 6.04 Å². The molecule has 2 heteroatoms. The summed E-state index contributed by atoms with van der Waals surface area (Å²) in [6, 6.07) is 11.7. The molecule has 2 aliphatic heterocycles. The van der Waals surface area contributed by atoms with E-state index in [1.165, 1.54) is 57.3 Å². The van der Waals surface area contributed by atoms with Gasteiger partial charge < -0.3 is 0 Å². The van der Waals surface area contributed by atoms with E-state index >= 15 is 0 Å². The average molecular weight is 327 g/mol. The van der Waals surface area contributed by atoms with Crippen molar-refractivity contribution in [2.45, 2.75) is 64.5 Å². The first kappa shape index (κ1) is 17.7. The highest BCUT2D eigenvalue weighted by Crippen LogP contribution is 2.35. The van der Waals surface area contributed by atoms with Gasteiger partial charge in [0.15, 0.2) is 0 Å². The van der Waals surface area contributed by atoms with Crippen LogP contribution in [0.25, 0.3) is 0 Å².